The molecule has 1 aliphatic heterocycles. The number of amides is 1. The molecule has 170 valence electrons. The number of nitriles is 1. The van der Waals surface area contributed by atoms with Crippen LogP contribution in [0.1, 0.15) is 66.4 Å². The van der Waals surface area contributed by atoms with Gasteiger partial charge in [0.2, 0.25) is 0 Å². The number of carbonyl (C=O) groups excluding carboxylic acids is 2. The van der Waals surface area contributed by atoms with Crippen molar-refractivity contribution in [1.29, 1.82) is 5.26 Å². The topological polar surface area (TPSA) is 91.7 Å². The van der Waals surface area contributed by atoms with Crippen LogP contribution in [0.25, 0.3) is 0 Å². The molecule has 1 aliphatic rings. The monoisotopic (exact) mass is 429 g/mol. The van der Waals surface area contributed by atoms with E-state index in [4.69, 9.17) is 9.47 Å². The quantitative estimate of drug-likeness (QED) is 0.683. The van der Waals surface area contributed by atoms with Crippen molar-refractivity contribution in [2.45, 2.75) is 96.7 Å². The molecule has 1 N–H and O–H groups in total. The van der Waals surface area contributed by atoms with Crippen molar-refractivity contribution >= 4 is 12.1 Å². The zero-order valence-corrected chi connectivity index (χ0v) is 19.5. The summed E-state index contributed by atoms with van der Waals surface area (Å²) in [6, 6.07) is 10.6. The Morgan fingerprint density at radius 3 is 2.26 bits per heavy atom. The summed E-state index contributed by atoms with van der Waals surface area (Å²) in [5, 5.41) is 12.9. The van der Waals surface area contributed by atoms with Gasteiger partial charge >= 0.3 is 12.1 Å². The van der Waals surface area contributed by atoms with Gasteiger partial charge in [-0.05, 0) is 66.4 Å². The molecule has 2 rings (SSSR count). The van der Waals surface area contributed by atoms with Crippen LogP contribution < -0.4 is 5.32 Å². The lowest BCUT2D eigenvalue weighted by Gasteiger charge is -2.33. The second-order valence-corrected chi connectivity index (χ2v) is 9.95. The van der Waals surface area contributed by atoms with Crippen molar-refractivity contribution in [2.75, 3.05) is 0 Å². The largest absolute Gasteiger partial charge is 0.458 e. The Morgan fingerprint density at radius 1 is 1.10 bits per heavy atom. The number of rotatable bonds is 6. The van der Waals surface area contributed by atoms with E-state index in [1.165, 1.54) is 4.90 Å². The number of esters is 1. The SMILES string of the molecule is CC(C)(C)OC(=O)[C@@H]1CC[C@@H](CC(C#N)NCc2ccccc2)N1C(=O)OC(C)(C)C. The Morgan fingerprint density at radius 2 is 1.71 bits per heavy atom. The highest BCUT2D eigenvalue weighted by atomic mass is 16.6. The number of likely N-dealkylation sites (tertiary alicyclic amines) is 1. The smallest absolute Gasteiger partial charge is 0.411 e. The predicted molar refractivity (Wildman–Crippen MR) is 118 cm³/mol. The van der Waals surface area contributed by atoms with Crippen molar-refractivity contribution in [2.24, 2.45) is 0 Å². The molecule has 7 nitrogen and oxygen atoms in total. The average Bonchev–Trinajstić information content (AvgIpc) is 3.07. The van der Waals surface area contributed by atoms with Crippen LogP contribution in [0, 0.1) is 11.3 Å². The lowest BCUT2D eigenvalue weighted by molar-refractivity contribution is -0.160. The summed E-state index contributed by atoms with van der Waals surface area (Å²) in [4.78, 5) is 27.3. The Bertz CT molecular complexity index is 790. The fourth-order valence-corrected chi connectivity index (χ4v) is 3.60. The summed E-state index contributed by atoms with van der Waals surface area (Å²) in [7, 11) is 0. The van der Waals surface area contributed by atoms with E-state index in [1.54, 1.807) is 41.5 Å². The van der Waals surface area contributed by atoms with Gasteiger partial charge in [0.1, 0.15) is 17.2 Å². The second-order valence-electron chi connectivity index (χ2n) is 9.95. The number of benzene rings is 1. The Labute approximate surface area is 185 Å². The minimum Gasteiger partial charge on any atom is -0.458 e. The number of carbonyl (C=O) groups is 2. The lowest BCUT2D eigenvalue weighted by Crippen LogP contribution is -2.50. The molecule has 0 bridgehead atoms. The van der Waals surface area contributed by atoms with E-state index in [0.717, 1.165) is 5.56 Å². The van der Waals surface area contributed by atoms with Gasteiger partial charge in [0, 0.05) is 12.6 Å². The van der Waals surface area contributed by atoms with Crippen LogP contribution in [-0.4, -0.2) is 46.3 Å². The van der Waals surface area contributed by atoms with Gasteiger partial charge in [-0.15, -0.1) is 0 Å². The molecule has 0 saturated carbocycles. The van der Waals surface area contributed by atoms with Gasteiger partial charge in [-0.1, -0.05) is 30.3 Å². The first-order valence-electron chi connectivity index (χ1n) is 10.8. The minimum atomic E-state index is -0.715. The molecule has 1 aromatic carbocycles. The summed E-state index contributed by atoms with van der Waals surface area (Å²) in [6.45, 7) is 11.3. The molecule has 1 unspecified atom stereocenters. The normalized spacial score (nSPS) is 20.1. The van der Waals surface area contributed by atoms with Crippen molar-refractivity contribution in [3.63, 3.8) is 0 Å². The summed E-state index contributed by atoms with van der Waals surface area (Å²) in [5.41, 5.74) is -0.269. The van der Waals surface area contributed by atoms with Gasteiger partial charge in [0.05, 0.1) is 12.1 Å². The highest BCUT2D eigenvalue weighted by molar-refractivity contribution is 5.82. The number of ether oxygens (including phenoxy) is 2. The summed E-state index contributed by atoms with van der Waals surface area (Å²) < 4.78 is 11.1. The van der Waals surface area contributed by atoms with Crippen molar-refractivity contribution in [3.05, 3.63) is 35.9 Å². The van der Waals surface area contributed by atoms with Crippen molar-refractivity contribution < 1.29 is 19.1 Å². The molecular weight excluding hydrogens is 394 g/mol. The molecule has 1 heterocycles. The zero-order valence-electron chi connectivity index (χ0n) is 19.5. The third kappa shape index (κ3) is 7.87. The fraction of sp³-hybridized carbons (Fsp3) is 0.625. The van der Waals surface area contributed by atoms with Crippen LogP contribution in [0.2, 0.25) is 0 Å². The van der Waals surface area contributed by atoms with Gasteiger partial charge < -0.3 is 9.47 Å². The number of hydrogen-bond donors (Lipinski definition) is 1. The maximum atomic E-state index is 13.0. The van der Waals surface area contributed by atoms with Crippen LogP contribution in [0.4, 0.5) is 4.79 Å². The molecule has 1 fully saturated rings. The molecule has 0 spiro atoms. The van der Waals surface area contributed by atoms with E-state index < -0.39 is 35.3 Å². The fourth-order valence-electron chi connectivity index (χ4n) is 3.60. The molecule has 0 radical (unpaired) electrons. The van der Waals surface area contributed by atoms with Crippen LogP contribution in [0.3, 0.4) is 0 Å². The Kier molecular flexibility index (Phi) is 8.08. The summed E-state index contributed by atoms with van der Waals surface area (Å²) in [6.07, 6.45) is 0.942. The van der Waals surface area contributed by atoms with Gasteiger partial charge in [-0.2, -0.15) is 5.26 Å². The average molecular weight is 430 g/mol. The highest BCUT2D eigenvalue weighted by Gasteiger charge is 2.45. The van der Waals surface area contributed by atoms with Crippen molar-refractivity contribution in [1.82, 2.24) is 10.2 Å². The first kappa shape index (κ1) is 24.7. The number of nitrogens with one attached hydrogen (secondary N) is 1. The molecule has 31 heavy (non-hydrogen) atoms. The molecule has 1 aromatic rings. The standard InChI is InChI=1S/C24H35N3O4/c1-23(2,3)30-21(28)20-13-12-19(27(20)22(29)31-24(4,5)6)14-18(15-25)26-16-17-10-8-7-9-11-17/h7-11,18-20,26H,12-14,16H2,1-6H3/t18?,19-,20-/m0/s1. The van der Waals surface area contributed by atoms with Gasteiger partial charge in [0.25, 0.3) is 0 Å². The Hall–Kier alpha value is -2.59. The molecule has 0 aliphatic carbocycles. The molecule has 3 atom stereocenters. The summed E-state index contributed by atoms with van der Waals surface area (Å²) >= 11 is 0. The minimum absolute atomic E-state index is 0.291. The van der Waals surface area contributed by atoms with Crippen LogP contribution in [-0.2, 0) is 20.8 Å². The van der Waals surface area contributed by atoms with E-state index in [0.29, 0.717) is 25.8 Å². The van der Waals surface area contributed by atoms with Crippen molar-refractivity contribution in [3.8, 4) is 6.07 Å². The van der Waals surface area contributed by atoms with E-state index in [2.05, 4.69) is 11.4 Å². The third-order valence-corrected chi connectivity index (χ3v) is 4.84. The third-order valence-electron chi connectivity index (χ3n) is 4.84. The van der Waals surface area contributed by atoms with Gasteiger partial charge in [-0.25, -0.2) is 9.59 Å². The summed E-state index contributed by atoms with van der Waals surface area (Å²) in [5.74, 6) is -0.438. The Balaban J connectivity index is 2.14. The van der Waals surface area contributed by atoms with E-state index in [9.17, 15) is 14.9 Å². The second kappa shape index (κ2) is 10.1. The zero-order chi connectivity index (χ0) is 23.2. The molecule has 7 heteroatoms. The van der Waals surface area contributed by atoms with E-state index in [1.807, 2.05) is 30.3 Å². The van der Waals surface area contributed by atoms with Crippen LogP contribution in [0.15, 0.2) is 30.3 Å². The maximum Gasteiger partial charge on any atom is 0.411 e. The lowest BCUT2D eigenvalue weighted by atomic mass is 10.1. The predicted octanol–water partition coefficient (Wildman–Crippen LogP) is 4.17. The first-order valence-corrected chi connectivity index (χ1v) is 10.8. The van der Waals surface area contributed by atoms with Crippen LogP contribution in [0.5, 0.6) is 0 Å². The van der Waals surface area contributed by atoms with Gasteiger partial charge in [-0.3, -0.25) is 10.2 Å². The first-order chi connectivity index (χ1) is 14.4. The number of hydrogen-bond acceptors (Lipinski definition) is 6. The number of nitrogens with zero attached hydrogens (tertiary/aromatic N) is 2. The van der Waals surface area contributed by atoms with E-state index >= 15 is 0 Å². The molecule has 1 amide bonds. The maximum absolute atomic E-state index is 13.0. The highest BCUT2D eigenvalue weighted by Crippen LogP contribution is 2.31. The molecule has 1 saturated heterocycles. The molecule has 0 aromatic heterocycles. The molecular formula is C24H35N3O4. The van der Waals surface area contributed by atoms with E-state index in [-0.39, 0.29) is 6.04 Å². The van der Waals surface area contributed by atoms with Gasteiger partial charge in [0.15, 0.2) is 0 Å². The van der Waals surface area contributed by atoms with Crippen LogP contribution >= 0.6 is 0 Å².